The molecule has 0 aliphatic carbocycles. The number of rotatable bonds is 9. The standard InChI is InChI=1S/C21H21ClFNO4/c1-14(25)24-11-3-4-15-7-9-16(10-8-15)20(26)13-28-21(27)12-17-18(22)5-2-6-19(17)23/h2,5-10H,3-4,11-13H2,1H3,(H,24,25). The number of esters is 1. The third-order valence-electron chi connectivity index (χ3n) is 4.04. The van der Waals surface area contributed by atoms with Crippen molar-refractivity contribution in [2.45, 2.75) is 26.2 Å². The van der Waals surface area contributed by atoms with Gasteiger partial charge in [-0.25, -0.2) is 4.39 Å². The predicted molar refractivity (Wildman–Crippen MR) is 104 cm³/mol. The Hall–Kier alpha value is -2.73. The lowest BCUT2D eigenvalue weighted by Crippen LogP contribution is -2.21. The van der Waals surface area contributed by atoms with Crippen LogP contribution in [0.25, 0.3) is 0 Å². The second kappa shape index (κ2) is 10.6. The molecule has 7 heteroatoms. The Morgan fingerprint density at radius 2 is 1.82 bits per heavy atom. The number of hydrogen-bond donors (Lipinski definition) is 1. The van der Waals surface area contributed by atoms with Gasteiger partial charge in [-0.3, -0.25) is 14.4 Å². The number of Topliss-reactive ketones (excluding diaryl/α,β-unsaturated/α-hetero) is 1. The van der Waals surface area contributed by atoms with Crippen molar-refractivity contribution in [1.82, 2.24) is 5.32 Å². The highest BCUT2D eigenvalue weighted by Gasteiger charge is 2.15. The monoisotopic (exact) mass is 405 g/mol. The van der Waals surface area contributed by atoms with E-state index >= 15 is 0 Å². The zero-order chi connectivity index (χ0) is 20.5. The van der Waals surface area contributed by atoms with Crippen molar-refractivity contribution in [3.63, 3.8) is 0 Å². The van der Waals surface area contributed by atoms with Crippen molar-refractivity contribution in [3.05, 3.63) is 70.0 Å². The topological polar surface area (TPSA) is 72.5 Å². The van der Waals surface area contributed by atoms with Gasteiger partial charge in [0.1, 0.15) is 5.82 Å². The van der Waals surface area contributed by atoms with Crippen LogP contribution in [-0.4, -0.2) is 30.8 Å². The lowest BCUT2D eigenvalue weighted by Gasteiger charge is -2.07. The molecule has 28 heavy (non-hydrogen) atoms. The van der Waals surface area contributed by atoms with Gasteiger partial charge in [0, 0.05) is 29.6 Å². The summed E-state index contributed by atoms with van der Waals surface area (Å²) in [5, 5.41) is 2.86. The van der Waals surface area contributed by atoms with Crippen LogP contribution in [0.15, 0.2) is 42.5 Å². The molecule has 1 N–H and O–H groups in total. The van der Waals surface area contributed by atoms with Crippen LogP contribution in [0.1, 0.15) is 34.8 Å². The Balaban J connectivity index is 1.81. The molecule has 0 aliphatic heterocycles. The van der Waals surface area contributed by atoms with Crippen molar-refractivity contribution in [2.75, 3.05) is 13.2 Å². The molecule has 0 saturated carbocycles. The summed E-state index contributed by atoms with van der Waals surface area (Å²) in [5.74, 6) is -1.73. The summed E-state index contributed by atoms with van der Waals surface area (Å²) in [5.41, 5.74) is 1.50. The van der Waals surface area contributed by atoms with Crippen molar-refractivity contribution in [1.29, 1.82) is 0 Å². The first-order valence-corrected chi connectivity index (χ1v) is 9.19. The molecule has 148 valence electrons. The van der Waals surface area contributed by atoms with Crippen LogP contribution in [0.5, 0.6) is 0 Å². The summed E-state index contributed by atoms with van der Waals surface area (Å²) in [6.45, 7) is 1.64. The van der Waals surface area contributed by atoms with Gasteiger partial charge < -0.3 is 10.1 Å². The summed E-state index contributed by atoms with van der Waals surface area (Å²) < 4.78 is 18.6. The molecule has 2 rings (SSSR count). The first-order valence-electron chi connectivity index (χ1n) is 8.82. The van der Waals surface area contributed by atoms with Crippen LogP contribution in [0.4, 0.5) is 4.39 Å². The SMILES string of the molecule is CC(=O)NCCCc1ccc(C(=O)COC(=O)Cc2c(F)cccc2Cl)cc1. The molecule has 0 spiro atoms. The molecule has 0 atom stereocenters. The molecule has 1 amide bonds. The van der Waals surface area contributed by atoms with Crippen molar-refractivity contribution >= 4 is 29.3 Å². The fourth-order valence-corrected chi connectivity index (χ4v) is 2.77. The molecule has 0 unspecified atom stereocenters. The van der Waals surface area contributed by atoms with E-state index in [1.54, 1.807) is 12.1 Å². The number of benzene rings is 2. The molecule has 2 aromatic carbocycles. The van der Waals surface area contributed by atoms with Gasteiger partial charge in [0.25, 0.3) is 0 Å². The highest BCUT2D eigenvalue weighted by molar-refractivity contribution is 6.31. The highest BCUT2D eigenvalue weighted by atomic mass is 35.5. The maximum Gasteiger partial charge on any atom is 0.310 e. The number of nitrogens with one attached hydrogen (secondary N) is 1. The van der Waals surface area contributed by atoms with E-state index in [-0.39, 0.29) is 28.7 Å². The third kappa shape index (κ3) is 6.78. The first kappa shape index (κ1) is 21.6. The normalized spacial score (nSPS) is 10.4. The average Bonchev–Trinajstić information content (AvgIpc) is 2.66. The molecular weight excluding hydrogens is 385 g/mol. The minimum atomic E-state index is -0.727. The highest BCUT2D eigenvalue weighted by Crippen LogP contribution is 2.19. The lowest BCUT2D eigenvalue weighted by molar-refractivity contribution is -0.141. The van der Waals surface area contributed by atoms with E-state index in [1.807, 2.05) is 12.1 Å². The zero-order valence-electron chi connectivity index (χ0n) is 15.5. The van der Waals surface area contributed by atoms with E-state index in [2.05, 4.69) is 5.32 Å². The van der Waals surface area contributed by atoms with Gasteiger partial charge in [0.15, 0.2) is 12.4 Å². The molecule has 5 nitrogen and oxygen atoms in total. The quantitative estimate of drug-likeness (QED) is 0.393. The van der Waals surface area contributed by atoms with Gasteiger partial charge in [0.2, 0.25) is 5.91 Å². The lowest BCUT2D eigenvalue weighted by atomic mass is 10.1. The molecule has 0 aliphatic rings. The van der Waals surface area contributed by atoms with E-state index in [0.29, 0.717) is 12.1 Å². The Morgan fingerprint density at radius 3 is 2.46 bits per heavy atom. The summed E-state index contributed by atoms with van der Waals surface area (Å²) in [7, 11) is 0. The Labute approximate surface area is 167 Å². The van der Waals surface area contributed by atoms with Crippen molar-refractivity contribution < 1.29 is 23.5 Å². The molecule has 0 fully saturated rings. The van der Waals surface area contributed by atoms with Gasteiger partial charge in [-0.15, -0.1) is 0 Å². The van der Waals surface area contributed by atoms with E-state index in [4.69, 9.17) is 16.3 Å². The van der Waals surface area contributed by atoms with Gasteiger partial charge in [-0.1, -0.05) is 41.9 Å². The molecule has 0 bridgehead atoms. The second-order valence-corrected chi connectivity index (χ2v) is 6.65. The number of amides is 1. The van der Waals surface area contributed by atoms with Crippen LogP contribution >= 0.6 is 11.6 Å². The van der Waals surface area contributed by atoms with Gasteiger partial charge in [-0.05, 0) is 30.5 Å². The Kier molecular flexibility index (Phi) is 8.14. The summed E-state index contributed by atoms with van der Waals surface area (Å²) in [4.78, 5) is 34.8. The fourth-order valence-electron chi connectivity index (χ4n) is 2.54. The first-order chi connectivity index (χ1) is 13.4. The van der Waals surface area contributed by atoms with Gasteiger partial charge >= 0.3 is 5.97 Å². The van der Waals surface area contributed by atoms with E-state index in [0.717, 1.165) is 18.4 Å². The summed E-state index contributed by atoms with van der Waals surface area (Å²) in [6, 6.07) is 11.1. The molecule has 0 saturated heterocycles. The number of ether oxygens (including phenoxy) is 1. The van der Waals surface area contributed by atoms with Crippen LogP contribution in [-0.2, 0) is 27.2 Å². The third-order valence-corrected chi connectivity index (χ3v) is 4.39. The Bertz CT molecular complexity index is 832. The van der Waals surface area contributed by atoms with Crippen LogP contribution in [0.3, 0.4) is 0 Å². The smallest absolute Gasteiger partial charge is 0.310 e. The Morgan fingerprint density at radius 1 is 1.11 bits per heavy atom. The van der Waals surface area contributed by atoms with Gasteiger partial charge in [-0.2, -0.15) is 0 Å². The van der Waals surface area contributed by atoms with Gasteiger partial charge in [0.05, 0.1) is 6.42 Å². The number of hydrogen-bond acceptors (Lipinski definition) is 4. The van der Waals surface area contributed by atoms with Crippen LogP contribution < -0.4 is 5.32 Å². The minimum absolute atomic E-state index is 0.0465. The second-order valence-electron chi connectivity index (χ2n) is 6.24. The maximum absolute atomic E-state index is 13.7. The van der Waals surface area contributed by atoms with E-state index < -0.39 is 18.4 Å². The zero-order valence-corrected chi connectivity index (χ0v) is 16.2. The average molecular weight is 406 g/mol. The summed E-state index contributed by atoms with van der Waals surface area (Å²) in [6.07, 6.45) is 1.22. The van der Waals surface area contributed by atoms with Crippen molar-refractivity contribution in [2.24, 2.45) is 0 Å². The van der Waals surface area contributed by atoms with Crippen LogP contribution in [0.2, 0.25) is 5.02 Å². The van der Waals surface area contributed by atoms with E-state index in [1.165, 1.54) is 25.1 Å². The molecule has 0 aromatic heterocycles. The number of carbonyl (C=O) groups excluding carboxylic acids is 3. The maximum atomic E-state index is 13.7. The molecular formula is C21H21ClFNO4. The molecule has 2 aromatic rings. The number of ketones is 1. The number of carbonyl (C=O) groups is 3. The molecule has 0 radical (unpaired) electrons. The van der Waals surface area contributed by atoms with E-state index in [9.17, 15) is 18.8 Å². The fraction of sp³-hybridized carbons (Fsp3) is 0.286. The predicted octanol–water partition coefficient (Wildman–Crippen LogP) is 3.52. The largest absolute Gasteiger partial charge is 0.457 e. The van der Waals surface area contributed by atoms with Crippen LogP contribution in [0, 0.1) is 5.82 Å². The number of halogens is 2. The minimum Gasteiger partial charge on any atom is -0.457 e. The number of aryl methyl sites for hydroxylation is 1. The molecule has 0 heterocycles. The van der Waals surface area contributed by atoms with Crippen molar-refractivity contribution in [3.8, 4) is 0 Å². The summed E-state index contributed by atoms with van der Waals surface area (Å²) >= 11 is 5.87.